The van der Waals surface area contributed by atoms with Gasteiger partial charge in [0.05, 0.1) is 18.3 Å². The van der Waals surface area contributed by atoms with Gasteiger partial charge in [0.15, 0.2) is 0 Å². The molecule has 2 heterocycles. The molecule has 2 aromatic heterocycles. The highest BCUT2D eigenvalue weighted by atomic mass is 17.2. The molecular weight excluding hydrogens is 406 g/mol. The third kappa shape index (κ3) is 4.03. The van der Waals surface area contributed by atoms with Crippen molar-refractivity contribution in [3.05, 3.63) is 66.4 Å². The first-order valence-corrected chi connectivity index (χ1v) is 9.95. The second-order valence-corrected chi connectivity index (χ2v) is 7.07. The Morgan fingerprint density at radius 2 is 1.72 bits per heavy atom. The smallest absolute Gasteiger partial charge is 0.279 e. The van der Waals surface area contributed by atoms with Crippen LogP contribution in [0.5, 0.6) is 5.88 Å². The zero-order chi connectivity index (χ0) is 22.7. The van der Waals surface area contributed by atoms with E-state index in [1.165, 1.54) is 7.11 Å². The Bertz CT molecular complexity index is 1290. The summed E-state index contributed by atoms with van der Waals surface area (Å²) < 4.78 is 0. The van der Waals surface area contributed by atoms with Crippen LogP contribution in [0.25, 0.3) is 33.2 Å². The van der Waals surface area contributed by atoms with Crippen LogP contribution in [0, 0.1) is 0 Å². The van der Waals surface area contributed by atoms with Gasteiger partial charge in [0.1, 0.15) is 5.82 Å². The van der Waals surface area contributed by atoms with Crippen molar-refractivity contribution >= 4 is 28.3 Å². The number of nitrogen functional groups attached to an aromatic ring is 1. The Balaban J connectivity index is 1.77. The predicted molar refractivity (Wildman–Crippen MR) is 125 cm³/mol. The number of fused-ring (bicyclic) bond motifs is 1. The maximum absolute atomic E-state index is 11.8. The largest absolute Gasteiger partial charge is 0.394 e. The van der Waals surface area contributed by atoms with Gasteiger partial charge in [-0.25, -0.2) is 9.97 Å². The third-order valence-electron chi connectivity index (χ3n) is 5.11. The fourth-order valence-electron chi connectivity index (χ4n) is 3.49. The summed E-state index contributed by atoms with van der Waals surface area (Å²) in [6.07, 6.45) is 1.68. The number of carbonyl (C=O) groups is 1. The molecule has 0 radical (unpaired) electrons. The number of anilines is 2. The lowest BCUT2D eigenvalue weighted by Crippen LogP contribution is -2.17. The SMILES string of the molecule is CNC(=O)c1ccc(-c2cc3cc(-c4cnc(OOC)c(N)c4)ccc3nc2NC)cc1. The molecule has 0 fully saturated rings. The highest BCUT2D eigenvalue weighted by molar-refractivity contribution is 5.96. The van der Waals surface area contributed by atoms with Crippen LogP contribution >= 0.6 is 0 Å². The van der Waals surface area contributed by atoms with Crippen LogP contribution in [0.3, 0.4) is 0 Å². The van der Waals surface area contributed by atoms with Crippen LogP contribution in [-0.4, -0.2) is 37.1 Å². The van der Waals surface area contributed by atoms with Crippen molar-refractivity contribution in [2.45, 2.75) is 0 Å². The van der Waals surface area contributed by atoms with E-state index in [1.807, 2.05) is 37.4 Å². The van der Waals surface area contributed by atoms with E-state index >= 15 is 0 Å². The highest BCUT2D eigenvalue weighted by Gasteiger charge is 2.12. The number of carbonyl (C=O) groups excluding carboxylic acids is 1. The lowest BCUT2D eigenvalue weighted by molar-refractivity contribution is -0.180. The van der Waals surface area contributed by atoms with Gasteiger partial charge < -0.3 is 21.3 Å². The summed E-state index contributed by atoms with van der Waals surface area (Å²) in [6.45, 7) is 0. The number of pyridine rings is 2. The van der Waals surface area contributed by atoms with Crippen molar-refractivity contribution in [2.24, 2.45) is 0 Å². The Morgan fingerprint density at radius 3 is 2.38 bits per heavy atom. The summed E-state index contributed by atoms with van der Waals surface area (Å²) in [6, 6.07) is 17.3. The van der Waals surface area contributed by atoms with Crippen LogP contribution in [0.15, 0.2) is 60.8 Å². The summed E-state index contributed by atoms with van der Waals surface area (Å²) in [5.41, 5.74) is 11.5. The van der Waals surface area contributed by atoms with E-state index in [1.54, 1.807) is 31.4 Å². The van der Waals surface area contributed by atoms with Crippen molar-refractivity contribution < 1.29 is 14.6 Å². The average molecular weight is 429 g/mol. The zero-order valence-electron chi connectivity index (χ0n) is 18.0. The molecule has 0 unspecified atom stereocenters. The molecule has 8 heteroatoms. The molecule has 4 rings (SSSR count). The minimum Gasteiger partial charge on any atom is -0.394 e. The quantitative estimate of drug-likeness (QED) is 0.315. The minimum absolute atomic E-state index is 0.124. The second kappa shape index (κ2) is 8.91. The van der Waals surface area contributed by atoms with Gasteiger partial charge in [0, 0.05) is 42.4 Å². The first kappa shape index (κ1) is 21.1. The van der Waals surface area contributed by atoms with Gasteiger partial charge in [0.2, 0.25) is 0 Å². The Kier molecular flexibility index (Phi) is 5.87. The molecule has 0 saturated heterocycles. The number of nitrogens with two attached hydrogens (primary N) is 1. The molecule has 0 aliphatic rings. The number of benzene rings is 2. The molecule has 4 N–H and O–H groups in total. The molecule has 4 aromatic rings. The van der Waals surface area contributed by atoms with Crippen molar-refractivity contribution in [1.82, 2.24) is 15.3 Å². The number of hydrogen-bond donors (Lipinski definition) is 3. The van der Waals surface area contributed by atoms with Gasteiger partial charge in [-0.3, -0.25) is 4.79 Å². The van der Waals surface area contributed by atoms with Gasteiger partial charge in [-0.05, 0) is 47.5 Å². The number of nitrogens with one attached hydrogen (secondary N) is 2. The van der Waals surface area contributed by atoms with E-state index in [9.17, 15) is 4.79 Å². The Labute approximate surface area is 185 Å². The lowest BCUT2D eigenvalue weighted by Gasteiger charge is -2.12. The van der Waals surface area contributed by atoms with Crippen molar-refractivity contribution in [1.29, 1.82) is 0 Å². The maximum Gasteiger partial charge on any atom is 0.279 e. The van der Waals surface area contributed by atoms with Gasteiger partial charge in [-0.15, -0.1) is 0 Å². The van der Waals surface area contributed by atoms with Crippen molar-refractivity contribution in [3.8, 4) is 28.1 Å². The highest BCUT2D eigenvalue weighted by Crippen LogP contribution is 2.33. The molecule has 2 aromatic carbocycles. The standard InChI is InChI=1S/C24H23N5O3/c1-26-22-19(14-4-6-15(7-5-14)23(30)27-2)11-17-10-16(8-9-21(17)29-22)18-12-20(25)24(28-13-18)32-31-3/h4-13H,25H2,1-3H3,(H,26,29)(H,27,30). The maximum atomic E-state index is 11.8. The first-order chi connectivity index (χ1) is 15.5. The Hall–Kier alpha value is -4.17. The molecule has 0 bridgehead atoms. The lowest BCUT2D eigenvalue weighted by atomic mass is 10.00. The molecule has 0 aliphatic carbocycles. The van der Waals surface area contributed by atoms with Crippen LogP contribution in [0.4, 0.5) is 11.5 Å². The van der Waals surface area contributed by atoms with Crippen molar-refractivity contribution in [3.63, 3.8) is 0 Å². The zero-order valence-corrected chi connectivity index (χ0v) is 18.0. The van der Waals surface area contributed by atoms with Gasteiger partial charge in [-0.2, -0.15) is 4.89 Å². The summed E-state index contributed by atoms with van der Waals surface area (Å²) in [7, 11) is 4.85. The molecule has 32 heavy (non-hydrogen) atoms. The summed E-state index contributed by atoms with van der Waals surface area (Å²) in [5.74, 6) is 0.853. The summed E-state index contributed by atoms with van der Waals surface area (Å²) in [5, 5.41) is 6.76. The molecule has 0 aliphatic heterocycles. The molecule has 8 nitrogen and oxygen atoms in total. The van der Waals surface area contributed by atoms with E-state index in [4.69, 9.17) is 15.6 Å². The van der Waals surface area contributed by atoms with E-state index < -0.39 is 0 Å². The van der Waals surface area contributed by atoms with Gasteiger partial charge >= 0.3 is 0 Å². The number of nitrogens with zero attached hydrogens (tertiary/aromatic N) is 2. The third-order valence-corrected chi connectivity index (χ3v) is 5.11. The van der Waals surface area contributed by atoms with Gasteiger partial charge in [0.25, 0.3) is 11.8 Å². The molecule has 0 spiro atoms. The molecular formula is C24H23N5O3. The monoisotopic (exact) mass is 429 g/mol. The fourth-order valence-corrected chi connectivity index (χ4v) is 3.49. The molecule has 1 amide bonds. The topological polar surface area (TPSA) is 111 Å². The van der Waals surface area contributed by atoms with Crippen LogP contribution in [0.1, 0.15) is 10.4 Å². The summed E-state index contributed by atoms with van der Waals surface area (Å²) >= 11 is 0. The first-order valence-electron chi connectivity index (χ1n) is 9.95. The minimum atomic E-state index is -0.124. The molecule has 0 saturated carbocycles. The van der Waals surface area contributed by atoms with Crippen LogP contribution < -0.4 is 21.3 Å². The van der Waals surface area contributed by atoms with Crippen LogP contribution in [0.2, 0.25) is 0 Å². The summed E-state index contributed by atoms with van der Waals surface area (Å²) in [4.78, 5) is 30.4. The average Bonchev–Trinajstić information content (AvgIpc) is 2.83. The number of hydrogen-bond acceptors (Lipinski definition) is 7. The Morgan fingerprint density at radius 1 is 0.969 bits per heavy atom. The van der Waals surface area contributed by atoms with E-state index in [0.717, 1.165) is 39.0 Å². The predicted octanol–water partition coefficient (Wildman–Crippen LogP) is 3.89. The molecule has 0 atom stereocenters. The fraction of sp³-hybridized carbons (Fsp3) is 0.125. The second-order valence-electron chi connectivity index (χ2n) is 7.07. The number of aromatic nitrogens is 2. The molecule has 162 valence electrons. The van der Waals surface area contributed by atoms with E-state index in [2.05, 4.69) is 26.6 Å². The number of rotatable bonds is 6. The van der Waals surface area contributed by atoms with Gasteiger partial charge in [-0.1, -0.05) is 18.2 Å². The van der Waals surface area contributed by atoms with E-state index in [-0.39, 0.29) is 11.8 Å². The van der Waals surface area contributed by atoms with E-state index in [0.29, 0.717) is 11.3 Å². The van der Waals surface area contributed by atoms with Crippen LogP contribution in [-0.2, 0) is 4.89 Å². The number of amides is 1. The normalized spacial score (nSPS) is 10.7. The van der Waals surface area contributed by atoms with Crippen molar-refractivity contribution in [2.75, 3.05) is 32.3 Å².